The molecule has 107 valence electrons. The van der Waals surface area contributed by atoms with E-state index in [2.05, 4.69) is 6.92 Å². The predicted molar refractivity (Wildman–Crippen MR) is 69.8 cm³/mol. The Labute approximate surface area is 110 Å². The van der Waals surface area contributed by atoms with Gasteiger partial charge in [0.05, 0.1) is 6.61 Å². The van der Waals surface area contributed by atoms with Crippen LogP contribution in [0.2, 0.25) is 0 Å². The smallest absolute Gasteiger partial charge is 0.128 e. The molecule has 0 aliphatic carbocycles. The molecule has 0 spiro atoms. The lowest BCUT2D eigenvalue weighted by atomic mass is 9.85. The van der Waals surface area contributed by atoms with Crippen molar-refractivity contribution >= 4 is 0 Å². The molecule has 0 amide bonds. The molecule has 0 aromatic rings. The van der Waals surface area contributed by atoms with Gasteiger partial charge < -0.3 is 20.1 Å². The second-order valence-corrected chi connectivity index (χ2v) is 5.44. The van der Waals surface area contributed by atoms with Crippen molar-refractivity contribution in [2.45, 2.75) is 76.6 Å². The number of aliphatic hydroxyl groups excluding tert-OH is 2. The van der Waals surface area contributed by atoms with E-state index in [-0.39, 0.29) is 6.61 Å². The highest BCUT2D eigenvalue weighted by atomic mass is 16.5. The van der Waals surface area contributed by atoms with E-state index in [0.29, 0.717) is 12.5 Å². The fraction of sp³-hybridized carbons (Fsp3) is 0.929. The third-order valence-electron chi connectivity index (χ3n) is 3.74. The van der Waals surface area contributed by atoms with E-state index in [4.69, 9.17) is 4.74 Å². The van der Waals surface area contributed by atoms with Crippen LogP contribution in [0, 0.1) is 6.10 Å². The first-order chi connectivity index (χ1) is 8.50. The topological polar surface area (TPSA) is 69.9 Å². The molecule has 0 bridgehead atoms. The van der Waals surface area contributed by atoms with Gasteiger partial charge in [0.25, 0.3) is 0 Å². The molecule has 1 saturated heterocycles. The molecule has 0 unspecified atom stereocenters. The van der Waals surface area contributed by atoms with E-state index in [0.717, 1.165) is 12.8 Å². The van der Waals surface area contributed by atoms with Crippen molar-refractivity contribution in [3.63, 3.8) is 0 Å². The Balaban J connectivity index is 2.22. The van der Waals surface area contributed by atoms with Crippen LogP contribution in [0.3, 0.4) is 0 Å². The number of hydrogen-bond acceptors (Lipinski definition) is 4. The van der Waals surface area contributed by atoms with Crippen LogP contribution in [0.15, 0.2) is 0 Å². The number of rotatable bonds is 7. The first-order valence-electron chi connectivity index (χ1n) is 7.07. The molecule has 18 heavy (non-hydrogen) atoms. The third kappa shape index (κ3) is 4.19. The zero-order valence-corrected chi connectivity index (χ0v) is 11.6. The van der Waals surface area contributed by atoms with Crippen LogP contribution in [0.25, 0.3) is 0 Å². The summed E-state index contributed by atoms with van der Waals surface area (Å²) in [6.07, 6.45) is 6.11. The normalized spacial score (nSPS) is 33.8. The minimum atomic E-state index is -1.49. The van der Waals surface area contributed by atoms with Crippen molar-refractivity contribution in [2.75, 3.05) is 6.61 Å². The van der Waals surface area contributed by atoms with E-state index in [1.165, 1.54) is 32.6 Å². The van der Waals surface area contributed by atoms with E-state index >= 15 is 0 Å². The van der Waals surface area contributed by atoms with Crippen LogP contribution >= 0.6 is 0 Å². The summed E-state index contributed by atoms with van der Waals surface area (Å²) in [6.45, 7) is 3.71. The maximum Gasteiger partial charge on any atom is 0.128 e. The summed E-state index contributed by atoms with van der Waals surface area (Å²) in [6, 6.07) is 0. The summed E-state index contributed by atoms with van der Waals surface area (Å²) >= 11 is 0. The fourth-order valence-corrected chi connectivity index (χ4v) is 2.23. The van der Waals surface area contributed by atoms with E-state index in [9.17, 15) is 15.3 Å². The Morgan fingerprint density at radius 3 is 2.44 bits per heavy atom. The Bertz CT molecular complexity index is 230. The molecule has 1 heterocycles. The van der Waals surface area contributed by atoms with Crippen molar-refractivity contribution in [3.8, 4) is 0 Å². The van der Waals surface area contributed by atoms with Gasteiger partial charge >= 0.3 is 0 Å². The van der Waals surface area contributed by atoms with E-state index in [1.54, 1.807) is 0 Å². The van der Waals surface area contributed by atoms with E-state index < -0.39 is 17.8 Å². The van der Waals surface area contributed by atoms with Crippen molar-refractivity contribution in [3.05, 3.63) is 6.10 Å². The molecule has 0 aromatic carbocycles. The van der Waals surface area contributed by atoms with Crippen molar-refractivity contribution < 1.29 is 20.1 Å². The molecule has 3 N–H and O–H groups in total. The van der Waals surface area contributed by atoms with Gasteiger partial charge in [-0.15, -0.1) is 0 Å². The number of hydrogen-bond donors (Lipinski definition) is 3. The highest BCUT2D eigenvalue weighted by molar-refractivity contribution is 5.05. The lowest BCUT2D eigenvalue weighted by molar-refractivity contribution is -0.202. The van der Waals surface area contributed by atoms with Gasteiger partial charge in [0, 0.05) is 0 Å². The SMILES string of the molecule is CCCCCCCC[C]1OC[C@@H](O)[C@](C)(O)[C@H]1O. The second-order valence-electron chi connectivity index (χ2n) is 5.44. The molecule has 4 nitrogen and oxygen atoms in total. The molecule has 1 rings (SSSR count). The van der Waals surface area contributed by atoms with Crippen LogP contribution in [0.4, 0.5) is 0 Å². The van der Waals surface area contributed by atoms with Crippen LogP contribution < -0.4 is 0 Å². The predicted octanol–water partition coefficient (Wildman–Crippen LogP) is 1.77. The zero-order valence-electron chi connectivity index (χ0n) is 11.6. The molecular formula is C14H27O4. The van der Waals surface area contributed by atoms with Crippen molar-refractivity contribution in [1.29, 1.82) is 0 Å². The molecule has 4 heteroatoms. The summed E-state index contributed by atoms with van der Waals surface area (Å²) in [5.41, 5.74) is -1.49. The summed E-state index contributed by atoms with van der Waals surface area (Å²) < 4.78 is 5.32. The molecule has 1 fully saturated rings. The van der Waals surface area contributed by atoms with Gasteiger partial charge in [0.2, 0.25) is 0 Å². The lowest BCUT2D eigenvalue weighted by Crippen LogP contribution is -2.58. The Morgan fingerprint density at radius 2 is 1.78 bits per heavy atom. The molecule has 1 radical (unpaired) electrons. The summed E-state index contributed by atoms with van der Waals surface area (Å²) in [7, 11) is 0. The van der Waals surface area contributed by atoms with Crippen molar-refractivity contribution in [2.24, 2.45) is 0 Å². The Kier molecular flexibility index (Phi) is 6.57. The summed E-state index contributed by atoms with van der Waals surface area (Å²) in [5.74, 6) is 0. The fourth-order valence-electron chi connectivity index (χ4n) is 2.23. The van der Waals surface area contributed by atoms with Gasteiger partial charge in [-0.2, -0.15) is 0 Å². The first kappa shape index (κ1) is 15.9. The summed E-state index contributed by atoms with van der Waals surface area (Å²) in [4.78, 5) is 0. The van der Waals surface area contributed by atoms with Gasteiger partial charge in [0.1, 0.15) is 23.9 Å². The molecule has 1 aliphatic heterocycles. The zero-order chi connectivity index (χ0) is 13.6. The average molecular weight is 259 g/mol. The maximum absolute atomic E-state index is 9.95. The monoisotopic (exact) mass is 259 g/mol. The minimum absolute atomic E-state index is 0.0647. The minimum Gasteiger partial charge on any atom is -0.388 e. The molecule has 0 saturated carbocycles. The standard InChI is InChI=1S/C14H27O4/c1-3-4-5-6-7-8-9-11-13(16)14(2,17)12(15)10-18-11/h12-13,15-17H,3-10H2,1-2H3/t12-,13+,14+/m1/s1. The maximum atomic E-state index is 9.95. The van der Waals surface area contributed by atoms with Gasteiger partial charge in [0.15, 0.2) is 0 Å². The van der Waals surface area contributed by atoms with Gasteiger partial charge in [-0.3, -0.25) is 0 Å². The second kappa shape index (κ2) is 7.43. The number of ether oxygens (including phenoxy) is 1. The highest BCUT2D eigenvalue weighted by Crippen LogP contribution is 2.32. The van der Waals surface area contributed by atoms with Gasteiger partial charge in [-0.25, -0.2) is 0 Å². The van der Waals surface area contributed by atoms with Gasteiger partial charge in [-0.05, 0) is 13.3 Å². The van der Waals surface area contributed by atoms with E-state index in [1.807, 2.05) is 0 Å². The molecule has 1 aliphatic rings. The Hall–Kier alpha value is -0.160. The van der Waals surface area contributed by atoms with Crippen LogP contribution in [0.1, 0.15) is 58.8 Å². The molecule has 0 aromatic heterocycles. The number of unbranched alkanes of at least 4 members (excludes halogenated alkanes) is 5. The van der Waals surface area contributed by atoms with Crippen LogP contribution in [0.5, 0.6) is 0 Å². The quantitative estimate of drug-likeness (QED) is 0.609. The van der Waals surface area contributed by atoms with Crippen LogP contribution in [-0.4, -0.2) is 39.7 Å². The number of aliphatic hydroxyl groups is 3. The largest absolute Gasteiger partial charge is 0.388 e. The molecular weight excluding hydrogens is 232 g/mol. The lowest BCUT2D eigenvalue weighted by Gasteiger charge is -2.42. The average Bonchev–Trinajstić information content (AvgIpc) is 2.34. The summed E-state index contributed by atoms with van der Waals surface area (Å²) in [5, 5.41) is 29.4. The van der Waals surface area contributed by atoms with Crippen LogP contribution in [-0.2, 0) is 4.74 Å². The third-order valence-corrected chi connectivity index (χ3v) is 3.74. The highest BCUT2D eigenvalue weighted by Gasteiger charge is 2.47. The van der Waals surface area contributed by atoms with Gasteiger partial charge in [-0.1, -0.05) is 45.4 Å². The first-order valence-corrected chi connectivity index (χ1v) is 7.07. The van der Waals surface area contributed by atoms with Crippen molar-refractivity contribution in [1.82, 2.24) is 0 Å². The Morgan fingerprint density at radius 1 is 1.17 bits per heavy atom. The molecule has 3 atom stereocenters.